The van der Waals surface area contributed by atoms with Gasteiger partial charge in [0, 0.05) is 5.92 Å². The van der Waals surface area contributed by atoms with Crippen LogP contribution in [-0.4, -0.2) is 0 Å². The molecular formula is C9H11F. The molecule has 0 saturated carbocycles. The number of rotatable bonds is 1. The normalized spacial score (nSPS) is 25.2. The van der Waals surface area contributed by atoms with E-state index in [2.05, 4.69) is 6.58 Å². The van der Waals surface area contributed by atoms with Crippen LogP contribution in [0.2, 0.25) is 0 Å². The van der Waals surface area contributed by atoms with Gasteiger partial charge < -0.3 is 0 Å². The van der Waals surface area contributed by atoms with Gasteiger partial charge in [0.2, 0.25) is 0 Å². The Hall–Kier alpha value is -0.850. The first-order chi connectivity index (χ1) is 4.74. The van der Waals surface area contributed by atoms with Crippen molar-refractivity contribution in [2.24, 2.45) is 5.92 Å². The van der Waals surface area contributed by atoms with Crippen LogP contribution in [-0.2, 0) is 0 Å². The first kappa shape index (κ1) is 7.26. The summed E-state index contributed by atoms with van der Waals surface area (Å²) in [6, 6.07) is 0. The standard InChI is InChI=1S/C9H11F/c1-3-8-4-5-9(10)6-7(8)2/h3,5-6,8H,1,4H2,2H3. The summed E-state index contributed by atoms with van der Waals surface area (Å²) in [4.78, 5) is 0. The summed E-state index contributed by atoms with van der Waals surface area (Å²) >= 11 is 0. The molecule has 1 rings (SSSR count). The Balaban J connectivity index is 2.77. The predicted molar refractivity (Wildman–Crippen MR) is 41.3 cm³/mol. The molecule has 0 radical (unpaired) electrons. The zero-order valence-electron chi connectivity index (χ0n) is 6.10. The van der Waals surface area contributed by atoms with E-state index in [4.69, 9.17) is 0 Å². The quantitative estimate of drug-likeness (QED) is 0.488. The van der Waals surface area contributed by atoms with Crippen LogP contribution >= 0.6 is 0 Å². The van der Waals surface area contributed by atoms with Gasteiger partial charge in [-0.15, -0.1) is 6.58 Å². The number of hydrogen-bond donors (Lipinski definition) is 0. The summed E-state index contributed by atoms with van der Waals surface area (Å²) in [5, 5.41) is 0. The Labute approximate surface area is 60.7 Å². The second-order valence-corrected chi connectivity index (χ2v) is 2.56. The van der Waals surface area contributed by atoms with Crippen molar-refractivity contribution in [3.63, 3.8) is 0 Å². The molecule has 1 aliphatic carbocycles. The van der Waals surface area contributed by atoms with Gasteiger partial charge in [-0.05, 0) is 25.5 Å². The van der Waals surface area contributed by atoms with Crippen LogP contribution in [0.1, 0.15) is 13.3 Å². The van der Waals surface area contributed by atoms with Gasteiger partial charge in [0.25, 0.3) is 0 Å². The van der Waals surface area contributed by atoms with Gasteiger partial charge in [-0.3, -0.25) is 0 Å². The first-order valence-corrected chi connectivity index (χ1v) is 3.40. The van der Waals surface area contributed by atoms with Crippen molar-refractivity contribution in [2.45, 2.75) is 13.3 Å². The largest absolute Gasteiger partial charge is 0.207 e. The molecule has 1 heteroatoms. The molecule has 0 aromatic rings. The molecule has 1 unspecified atom stereocenters. The van der Waals surface area contributed by atoms with Gasteiger partial charge >= 0.3 is 0 Å². The molecule has 54 valence electrons. The topological polar surface area (TPSA) is 0 Å². The molecule has 0 amide bonds. The molecule has 0 nitrogen and oxygen atoms in total. The van der Waals surface area contributed by atoms with Crippen molar-refractivity contribution >= 4 is 0 Å². The fraction of sp³-hybridized carbons (Fsp3) is 0.333. The van der Waals surface area contributed by atoms with Crippen LogP contribution < -0.4 is 0 Å². The van der Waals surface area contributed by atoms with Crippen molar-refractivity contribution in [1.29, 1.82) is 0 Å². The Morgan fingerprint density at radius 2 is 2.50 bits per heavy atom. The van der Waals surface area contributed by atoms with Crippen molar-refractivity contribution in [3.05, 3.63) is 36.2 Å². The molecule has 0 saturated heterocycles. The average molecular weight is 138 g/mol. The molecule has 10 heavy (non-hydrogen) atoms. The van der Waals surface area contributed by atoms with Gasteiger partial charge in [0.1, 0.15) is 5.83 Å². The van der Waals surface area contributed by atoms with Gasteiger partial charge in [-0.25, -0.2) is 4.39 Å². The fourth-order valence-corrected chi connectivity index (χ4v) is 1.09. The van der Waals surface area contributed by atoms with E-state index in [9.17, 15) is 4.39 Å². The van der Waals surface area contributed by atoms with Crippen LogP contribution in [0, 0.1) is 5.92 Å². The van der Waals surface area contributed by atoms with Crippen LogP contribution in [0.3, 0.4) is 0 Å². The first-order valence-electron chi connectivity index (χ1n) is 3.40. The summed E-state index contributed by atoms with van der Waals surface area (Å²) in [5.74, 6) is 0.232. The highest BCUT2D eigenvalue weighted by Crippen LogP contribution is 2.24. The van der Waals surface area contributed by atoms with E-state index < -0.39 is 0 Å². The van der Waals surface area contributed by atoms with Crippen molar-refractivity contribution in [3.8, 4) is 0 Å². The Kier molecular flexibility index (Phi) is 2.05. The summed E-state index contributed by atoms with van der Waals surface area (Å²) in [7, 11) is 0. The van der Waals surface area contributed by atoms with Crippen molar-refractivity contribution < 1.29 is 4.39 Å². The molecule has 1 aliphatic rings. The Bertz CT molecular complexity index is 199. The van der Waals surface area contributed by atoms with Gasteiger partial charge in [-0.1, -0.05) is 11.6 Å². The molecule has 0 aliphatic heterocycles. The maximum absolute atomic E-state index is 12.5. The Morgan fingerprint density at radius 3 is 3.00 bits per heavy atom. The second kappa shape index (κ2) is 2.82. The minimum Gasteiger partial charge on any atom is -0.207 e. The molecule has 0 bridgehead atoms. The minimum absolute atomic E-state index is 0.115. The van der Waals surface area contributed by atoms with Crippen LogP contribution in [0.4, 0.5) is 4.39 Å². The molecule has 0 N–H and O–H groups in total. The third-order valence-electron chi connectivity index (χ3n) is 1.80. The number of hydrogen-bond acceptors (Lipinski definition) is 0. The summed E-state index contributed by atoms with van der Waals surface area (Å²) in [6.07, 6.45) is 5.78. The lowest BCUT2D eigenvalue weighted by Crippen LogP contribution is -2.00. The van der Waals surface area contributed by atoms with Gasteiger partial charge in [-0.2, -0.15) is 0 Å². The van der Waals surface area contributed by atoms with Crippen LogP contribution in [0.5, 0.6) is 0 Å². The van der Waals surface area contributed by atoms with Crippen LogP contribution in [0.15, 0.2) is 36.2 Å². The zero-order valence-corrected chi connectivity index (χ0v) is 6.10. The molecule has 1 atom stereocenters. The highest BCUT2D eigenvalue weighted by atomic mass is 19.1. The number of halogens is 1. The lowest BCUT2D eigenvalue weighted by atomic mass is 9.93. The Morgan fingerprint density at radius 1 is 1.80 bits per heavy atom. The summed E-state index contributed by atoms with van der Waals surface area (Å²) in [6.45, 7) is 5.60. The van der Waals surface area contributed by atoms with E-state index in [1.54, 1.807) is 12.2 Å². The average Bonchev–Trinajstić information content (AvgIpc) is 1.88. The lowest BCUT2D eigenvalue weighted by Gasteiger charge is -2.14. The molecule has 0 fully saturated rings. The summed E-state index contributed by atoms with van der Waals surface area (Å²) < 4.78 is 12.5. The van der Waals surface area contributed by atoms with E-state index in [1.165, 1.54) is 0 Å². The minimum atomic E-state index is -0.115. The smallest absolute Gasteiger partial charge is 0.119 e. The molecule has 0 aromatic carbocycles. The molecule has 0 heterocycles. The predicted octanol–water partition coefficient (Wildman–Crippen LogP) is 2.99. The lowest BCUT2D eigenvalue weighted by molar-refractivity contribution is 0.627. The zero-order chi connectivity index (χ0) is 7.56. The number of allylic oxidation sites excluding steroid dienone is 5. The monoisotopic (exact) mass is 138 g/mol. The summed E-state index contributed by atoms with van der Waals surface area (Å²) in [5.41, 5.74) is 1.06. The third-order valence-corrected chi connectivity index (χ3v) is 1.80. The van der Waals surface area contributed by atoms with Crippen molar-refractivity contribution in [2.75, 3.05) is 0 Å². The van der Waals surface area contributed by atoms with Crippen LogP contribution in [0.25, 0.3) is 0 Å². The van der Waals surface area contributed by atoms with E-state index in [-0.39, 0.29) is 5.83 Å². The van der Waals surface area contributed by atoms with E-state index in [0.717, 1.165) is 12.0 Å². The van der Waals surface area contributed by atoms with E-state index in [1.807, 2.05) is 13.0 Å². The fourth-order valence-electron chi connectivity index (χ4n) is 1.09. The molecule has 0 aromatic heterocycles. The third kappa shape index (κ3) is 1.35. The maximum atomic E-state index is 12.5. The van der Waals surface area contributed by atoms with Crippen molar-refractivity contribution in [1.82, 2.24) is 0 Å². The molecular weight excluding hydrogens is 127 g/mol. The molecule has 0 spiro atoms. The SMILES string of the molecule is C=CC1CC=C(F)C=C1C. The maximum Gasteiger partial charge on any atom is 0.119 e. The van der Waals surface area contributed by atoms with E-state index >= 15 is 0 Å². The van der Waals surface area contributed by atoms with Gasteiger partial charge in [0.05, 0.1) is 0 Å². The second-order valence-electron chi connectivity index (χ2n) is 2.56. The van der Waals surface area contributed by atoms with E-state index in [0.29, 0.717) is 5.92 Å². The highest BCUT2D eigenvalue weighted by Gasteiger charge is 2.09. The van der Waals surface area contributed by atoms with Gasteiger partial charge in [0.15, 0.2) is 0 Å². The highest BCUT2D eigenvalue weighted by molar-refractivity contribution is 5.26.